The normalized spacial score (nSPS) is 14.9. The quantitative estimate of drug-likeness (QED) is 0.678. The summed E-state index contributed by atoms with van der Waals surface area (Å²) in [5.74, 6) is 0.976. The number of carbonyl (C=O) groups is 1. The van der Waals surface area contributed by atoms with Crippen LogP contribution in [-0.2, 0) is 4.79 Å². The number of hydrogen-bond acceptors (Lipinski definition) is 1. The highest BCUT2D eigenvalue weighted by Gasteiger charge is 2.17. The van der Waals surface area contributed by atoms with Gasteiger partial charge in [0.1, 0.15) is 0 Å². The van der Waals surface area contributed by atoms with Crippen molar-refractivity contribution in [2.45, 2.75) is 58.2 Å². The number of carbonyl (C=O) groups excluding carboxylic acids is 1. The van der Waals surface area contributed by atoms with Crippen molar-refractivity contribution >= 4 is 21.8 Å². The van der Waals surface area contributed by atoms with Gasteiger partial charge in [0.2, 0.25) is 5.91 Å². The summed E-state index contributed by atoms with van der Waals surface area (Å²) in [5, 5.41) is 3.04. The van der Waals surface area contributed by atoms with Gasteiger partial charge in [-0.05, 0) is 18.8 Å². The molecule has 1 N–H and O–H groups in total. The lowest BCUT2D eigenvalue weighted by Crippen LogP contribution is -2.36. The summed E-state index contributed by atoms with van der Waals surface area (Å²) >= 11 is 3.58. The number of alkyl halides is 1. The molecule has 0 aliphatic carbocycles. The average Bonchev–Trinajstić information content (AvgIpc) is 2.26. The van der Waals surface area contributed by atoms with Gasteiger partial charge in [0.05, 0.1) is 0 Å². The van der Waals surface area contributed by atoms with E-state index in [1.54, 1.807) is 0 Å². The maximum Gasteiger partial charge on any atom is 0.223 e. The van der Waals surface area contributed by atoms with Crippen LogP contribution in [0.15, 0.2) is 0 Å². The zero-order chi connectivity index (χ0) is 12.6. The molecule has 3 heteroatoms. The third kappa shape index (κ3) is 6.51. The van der Waals surface area contributed by atoms with Crippen LogP contribution in [0.5, 0.6) is 0 Å². The smallest absolute Gasteiger partial charge is 0.223 e. The van der Waals surface area contributed by atoms with Crippen LogP contribution in [0.2, 0.25) is 0 Å². The molecule has 0 aliphatic heterocycles. The minimum atomic E-state index is 0.201. The molecule has 2 unspecified atom stereocenters. The first-order valence-corrected chi connectivity index (χ1v) is 7.36. The van der Waals surface area contributed by atoms with Gasteiger partial charge in [0.25, 0.3) is 0 Å². The SMILES string of the molecule is CCCCC(CC)C(=O)NCC(Br)C(C)C. The Morgan fingerprint density at radius 3 is 2.38 bits per heavy atom. The van der Waals surface area contributed by atoms with Crippen LogP contribution < -0.4 is 5.32 Å². The third-order valence-electron chi connectivity index (χ3n) is 2.96. The Morgan fingerprint density at radius 2 is 1.94 bits per heavy atom. The van der Waals surface area contributed by atoms with Crippen molar-refractivity contribution in [1.29, 1.82) is 0 Å². The molecule has 2 nitrogen and oxygen atoms in total. The van der Waals surface area contributed by atoms with Crippen molar-refractivity contribution in [1.82, 2.24) is 5.32 Å². The van der Waals surface area contributed by atoms with Crippen molar-refractivity contribution in [3.63, 3.8) is 0 Å². The topological polar surface area (TPSA) is 29.1 Å². The molecule has 0 spiro atoms. The molecule has 0 aromatic carbocycles. The maximum atomic E-state index is 11.9. The minimum Gasteiger partial charge on any atom is -0.355 e. The molecule has 0 bridgehead atoms. The highest BCUT2D eigenvalue weighted by Crippen LogP contribution is 2.14. The van der Waals surface area contributed by atoms with Crippen LogP contribution in [0.3, 0.4) is 0 Å². The Morgan fingerprint density at radius 1 is 1.31 bits per heavy atom. The number of amides is 1. The molecule has 0 aromatic rings. The summed E-state index contributed by atoms with van der Waals surface area (Å²) in [7, 11) is 0. The summed E-state index contributed by atoms with van der Waals surface area (Å²) in [6, 6.07) is 0. The predicted octanol–water partition coefficient (Wildman–Crippen LogP) is 3.74. The molecule has 0 heterocycles. The van der Waals surface area contributed by atoms with Crippen molar-refractivity contribution in [3.05, 3.63) is 0 Å². The zero-order valence-electron chi connectivity index (χ0n) is 11.1. The molecule has 0 aromatic heterocycles. The van der Waals surface area contributed by atoms with E-state index in [-0.39, 0.29) is 11.8 Å². The van der Waals surface area contributed by atoms with Crippen LogP contribution in [0.4, 0.5) is 0 Å². The monoisotopic (exact) mass is 291 g/mol. The Labute approximate surface area is 109 Å². The fraction of sp³-hybridized carbons (Fsp3) is 0.923. The molecular formula is C13H26BrNO. The Bertz CT molecular complexity index is 194. The Kier molecular flexibility index (Phi) is 9.00. The van der Waals surface area contributed by atoms with Gasteiger partial charge < -0.3 is 5.32 Å². The zero-order valence-corrected chi connectivity index (χ0v) is 12.6. The molecule has 0 radical (unpaired) electrons. The van der Waals surface area contributed by atoms with E-state index in [1.165, 1.54) is 0 Å². The number of rotatable bonds is 8. The molecule has 96 valence electrons. The predicted molar refractivity (Wildman–Crippen MR) is 73.9 cm³/mol. The van der Waals surface area contributed by atoms with Gasteiger partial charge in [-0.1, -0.05) is 56.5 Å². The van der Waals surface area contributed by atoms with Crippen molar-refractivity contribution in [2.24, 2.45) is 11.8 Å². The largest absolute Gasteiger partial charge is 0.355 e. The number of hydrogen-bond donors (Lipinski definition) is 1. The van der Waals surface area contributed by atoms with Gasteiger partial charge in [0, 0.05) is 17.3 Å². The molecular weight excluding hydrogens is 266 g/mol. The second-order valence-corrected chi connectivity index (χ2v) is 5.93. The number of halogens is 1. The Hall–Kier alpha value is -0.0500. The first-order valence-electron chi connectivity index (χ1n) is 6.44. The molecule has 0 saturated carbocycles. The fourth-order valence-electron chi connectivity index (χ4n) is 1.55. The van der Waals surface area contributed by atoms with E-state index in [4.69, 9.17) is 0 Å². The summed E-state index contributed by atoms with van der Waals surface area (Å²) in [4.78, 5) is 12.3. The van der Waals surface area contributed by atoms with E-state index >= 15 is 0 Å². The highest BCUT2D eigenvalue weighted by atomic mass is 79.9. The van der Waals surface area contributed by atoms with E-state index in [0.29, 0.717) is 10.7 Å². The second kappa shape index (κ2) is 9.03. The van der Waals surface area contributed by atoms with Gasteiger partial charge in [0.15, 0.2) is 0 Å². The maximum absolute atomic E-state index is 11.9. The number of nitrogens with one attached hydrogen (secondary N) is 1. The summed E-state index contributed by atoms with van der Waals surface area (Å²) in [6.45, 7) is 9.30. The van der Waals surface area contributed by atoms with Gasteiger partial charge in [-0.2, -0.15) is 0 Å². The standard InChI is InChI=1S/C13H26BrNO/c1-5-7-8-11(6-2)13(16)15-9-12(14)10(3)4/h10-12H,5-9H2,1-4H3,(H,15,16). The van der Waals surface area contributed by atoms with Gasteiger partial charge in [-0.25, -0.2) is 0 Å². The minimum absolute atomic E-state index is 0.201. The lowest BCUT2D eigenvalue weighted by molar-refractivity contribution is -0.125. The van der Waals surface area contributed by atoms with Crippen LogP contribution in [0.25, 0.3) is 0 Å². The summed E-state index contributed by atoms with van der Waals surface area (Å²) < 4.78 is 0. The first kappa shape index (κ1) is 16.0. The van der Waals surface area contributed by atoms with E-state index in [0.717, 1.165) is 32.2 Å². The fourth-order valence-corrected chi connectivity index (χ4v) is 1.71. The summed E-state index contributed by atoms with van der Waals surface area (Å²) in [6.07, 6.45) is 4.28. The molecule has 16 heavy (non-hydrogen) atoms. The second-order valence-electron chi connectivity index (χ2n) is 4.75. The average molecular weight is 292 g/mol. The van der Waals surface area contributed by atoms with Crippen molar-refractivity contribution < 1.29 is 4.79 Å². The number of unbranched alkanes of at least 4 members (excludes halogenated alkanes) is 1. The lowest BCUT2D eigenvalue weighted by atomic mass is 9.98. The van der Waals surface area contributed by atoms with Gasteiger partial charge in [-0.3, -0.25) is 4.79 Å². The van der Waals surface area contributed by atoms with Crippen LogP contribution in [0, 0.1) is 11.8 Å². The van der Waals surface area contributed by atoms with Crippen LogP contribution in [0.1, 0.15) is 53.4 Å². The highest BCUT2D eigenvalue weighted by molar-refractivity contribution is 9.09. The molecule has 0 saturated heterocycles. The first-order chi connectivity index (χ1) is 7.52. The van der Waals surface area contributed by atoms with E-state index in [2.05, 4.69) is 48.9 Å². The molecule has 1 amide bonds. The third-order valence-corrected chi connectivity index (χ3v) is 4.35. The van der Waals surface area contributed by atoms with Gasteiger partial charge in [-0.15, -0.1) is 0 Å². The molecule has 0 fully saturated rings. The van der Waals surface area contributed by atoms with Crippen LogP contribution >= 0.6 is 15.9 Å². The molecule has 2 atom stereocenters. The van der Waals surface area contributed by atoms with E-state index in [1.807, 2.05) is 0 Å². The van der Waals surface area contributed by atoms with Gasteiger partial charge >= 0.3 is 0 Å². The van der Waals surface area contributed by atoms with E-state index in [9.17, 15) is 4.79 Å². The molecule has 0 rings (SSSR count). The van der Waals surface area contributed by atoms with Crippen LogP contribution in [-0.4, -0.2) is 17.3 Å². The van der Waals surface area contributed by atoms with Crippen molar-refractivity contribution in [3.8, 4) is 0 Å². The lowest BCUT2D eigenvalue weighted by Gasteiger charge is -2.18. The van der Waals surface area contributed by atoms with E-state index < -0.39 is 0 Å². The Balaban J connectivity index is 3.92. The molecule has 0 aliphatic rings. The summed E-state index contributed by atoms with van der Waals surface area (Å²) in [5.41, 5.74) is 0. The van der Waals surface area contributed by atoms with Crippen molar-refractivity contribution in [2.75, 3.05) is 6.54 Å².